The lowest BCUT2D eigenvalue weighted by Crippen LogP contribution is -2.30. The van der Waals surface area contributed by atoms with Crippen LogP contribution in [-0.2, 0) is 6.54 Å². The number of pyridine rings is 1. The van der Waals surface area contributed by atoms with Crippen molar-refractivity contribution in [1.29, 1.82) is 0 Å². The Morgan fingerprint density at radius 2 is 2.06 bits per heavy atom. The van der Waals surface area contributed by atoms with Crippen LogP contribution in [0.1, 0.15) is 24.6 Å². The number of aromatic nitrogens is 1. The molecule has 1 rings (SSSR count). The maximum atomic E-state index is 12.0. The first-order valence-electron chi connectivity index (χ1n) is 5.08. The number of aryl methyl sites for hydroxylation is 1. The number of rotatable bonds is 4. The molecule has 1 heterocycles. The quantitative estimate of drug-likeness (QED) is 0.863. The molecule has 90 valence electrons. The van der Waals surface area contributed by atoms with Gasteiger partial charge in [0.15, 0.2) is 0 Å². The van der Waals surface area contributed by atoms with Crippen LogP contribution in [-0.4, -0.2) is 17.2 Å². The molecule has 0 radical (unpaired) electrons. The van der Waals surface area contributed by atoms with E-state index in [4.69, 9.17) is 0 Å². The lowest BCUT2D eigenvalue weighted by Gasteiger charge is -2.15. The van der Waals surface area contributed by atoms with E-state index in [1.807, 2.05) is 19.1 Å². The van der Waals surface area contributed by atoms with Crippen molar-refractivity contribution < 1.29 is 13.2 Å². The average molecular weight is 232 g/mol. The van der Waals surface area contributed by atoms with E-state index in [9.17, 15) is 13.2 Å². The van der Waals surface area contributed by atoms with E-state index in [1.54, 1.807) is 6.20 Å². The zero-order chi connectivity index (χ0) is 12.2. The van der Waals surface area contributed by atoms with Gasteiger partial charge in [0.1, 0.15) is 0 Å². The van der Waals surface area contributed by atoms with Gasteiger partial charge in [-0.1, -0.05) is 6.07 Å². The molecule has 0 spiro atoms. The Morgan fingerprint density at radius 1 is 1.38 bits per heavy atom. The molecule has 0 aliphatic carbocycles. The number of hydrogen-bond donors (Lipinski definition) is 1. The molecule has 16 heavy (non-hydrogen) atoms. The molecule has 1 atom stereocenters. The lowest BCUT2D eigenvalue weighted by molar-refractivity contribution is -0.139. The molecule has 0 aliphatic heterocycles. The molecule has 1 N–H and O–H groups in total. The van der Waals surface area contributed by atoms with Gasteiger partial charge >= 0.3 is 6.18 Å². The summed E-state index contributed by atoms with van der Waals surface area (Å²) in [6.07, 6.45) is -3.26. The fourth-order valence-corrected chi connectivity index (χ4v) is 1.31. The Morgan fingerprint density at radius 3 is 2.56 bits per heavy atom. The van der Waals surface area contributed by atoms with Crippen LogP contribution in [0.5, 0.6) is 0 Å². The zero-order valence-electron chi connectivity index (χ0n) is 9.30. The third-order valence-electron chi connectivity index (χ3n) is 2.16. The molecule has 2 nitrogen and oxygen atoms in total. The summed E-state index contributed by atoms with van der Waals surface area (Å²) in [4.78, 5) is 4.07. The minimum absolute atomic E-state index is 0.407. The largest absolute Gasteiger partial charge is 0.390 e. The average Bonchev–Trinajstić information content (AvgIpc) is 2.14. The number of nitrogens with zero attached hydrogens (tertiary/aromatic N) is 1. The first kappa shape index (κ1) is 13.0. The number of alkyl halides is 3. The predicted molar refractivity (Wildman–Crippen MR) is 55.9 cm³/mol. The van der Waals surface area contributed by atoms with Crippen LogP contribution >= 0.6 is 0 Å². The maximum absolute atomic E-state index is 12.0. The summed E-state index contributed by atoms with van der Waals surface area (Å²) in [5.74, 6) is 0. The molecule has 0 bridgehead atoms. The molecule has 0 saturated carbocycles. The van der Waals surface area contributed by atoms with Crippen LogP contribution in [0.25, 0.3) is 0 Å². The smallest absolute Gasteiger partial charge is 0.310 e. The summed E-state index contributed by atoms with van der Waals surface area (Å²) < 4.78 is 36.1. The molecule has 0 amide bonds. The highest BCUT2D eigenvalue weighted by Crippen LogP contribution is 2.21. The summed E-state index contributed by atoms with van der Waals surface area (Å²) in [5, 5.41) is 2.81. The van der Waals surface area contributed by atoms with Gasteiger partial charge in [-0.25, -0.2) is 0 Å². The van der Waals surface area contributed by atoms with Gasteiger partial charge in [-0.3, -0.25) is 4.98 Å². The fourth-order valence-electron chi connectivity index (χ4n) is 1.31. The summed E-state index contributed by atoms with van der Waals surface area (Å²) in [6.45, 7) is 3.79. The zero-order valence-corrected chi connectivity index (χ0v) is 9.30. The molecular formula is C11H15F3N2. The predicted octanol–water partition coefficient (Wildman–Crippen LogP) is 2.82. The fraction of sp³-hybridized carbons (Fsp3) is 0.545. The second kappa shape index (κ2) is 5.30. The molecule has 0 fully saturated rings. The Kier molecular flexibility index (Phi) is 4.29. The van der Waals surface area contributed by atoms with E-state index in [0.717, 1.165) is 11.3 Å². The van der Waals surface area contributed by atoms with Gasteiger partial charge in [0.25, 0.3) is 0 Å². The van der Waals surface area contributed by atoms with E-state index in [1.165, 1.54) is 6.92 Å². The van der Waals surface area contributed by atoms with E-state index < -0.39 is 18.6 Å². The first-order valence-corrected chi connectivity index (χ1v) is 5.08. The van der Waals surface area contributed by atoms with Crippen LogP contribution in [0.4, 0.5) is 13.2 Å². The molecule has 0 saturated heterocycles. The van der Waals surface area contributed by atoms with Crippen molar-refractivity contribution in [1.82, 2.24) is 10.3 Å². The van der Waals surface area contributed by atoms with Crippen LogP contribution in [0.2, 0.25) is 0 Å². The van der Waals surface area contributed by atoms with E-state index in [0.29, 0.717) is 6.54 Å². The van der Waals surface area contributed by atoms with Gasteiger partial charge in [0.05, 0.1) is 6.42 Å². The Bertz CT molecular complexity index is 319. The highest BCUT2D eigenvalue weighted by atomic mass is 19.4. The van der Waals surface area contributed by atoms with Gasteiger partial charge in [-0.15, -0.1) is 0 Å². The number of hydrogen-bond acceptors (Lipinski definition) is 2. The van der Waals surface area contributed by atoms with E-state index in [-0.39, 0.29) is 0 Å². The second-order valence-corrected chi connectivity index (χ2v) is 3.91. The van der Waals surface area contributed by atoms with Crippen LogP contribution < -0.4 is 5.32 Å². The molecule has 0 aromatic carbocycles. The van der Waals surface area contributed by atoms with Crippen LogP contribution in [0.15, 0.2) is 18.3 Å². The summed E-state index contributed by atoms with van der Waals surface area (Å²) >= 11 is 0. The van der Waals surface area contributed by atoms with Gasteiger partial charge in [-0.2, -0.15) is 13.2 Å². The third kappa shape index (κ3) is 5.11. The van der Waals surface area contributed by atoms with Gasteiger partial charge < -0.3 is 5.32 Å². The monoisotopic (exact) mass is 232 g/mol. The minimum atomic E-state index is -4.11. The molecule has 0 aliphatic rings. The highest BCUT2D eigenvalue weighted by Gasteiger charge is 2.29. The SMILES string of the molecule is Cc1ccc(CNC(C)CC(F)(F)F)cn1. The lowest BCUT2D eigenvalue weighted by atomic mass is 10.2. The summed E-state index contributed by atoms with van der Waals surface area (Å²) in [7, 11) is 0. The Labute approximate surface area is 92.9 Å². The van der Waals surface area contributed by atoms with Crippen molar-refractivity contribution in [2.24, 2.45) is 0 Å². The Hall–Kier alpha value is -1.10. The second-order valence-electron chi connectivity index (χ2n) is 3.91. The standard InChI is InChI=1S/C11H15F3N2/c1-8-3-4-10(6-15-8)7-16-9(2)5-11(12,13)14/h3-4,6,9,16H,5,7H2,1-2H3. The molecule has 1 aromatic heterocycles. The van der Waals surface area contributed by atoms with Gasteiger partial charge in [-0.05, 0) is 25.5 Å². The summed E-state index contributed by atoms with van der Waals surface area (Å²) in [5.41, 5.74) is 1.78. The van der Waals surface area contributed by atoms with Crippen molar-refractivity contribution in [3.63, 3.8) is 0 Å². The molecule has 1 unspecified atom stereocenters. The van der Waals surface area contributed by atoms with E-state index in [2.05, 4.69) is 10.3 Å². The van der Waals surface area contributed by atoms with Crippen molar-refractivity contribution in [2.75, 3.05) is 0 Å². The maximum Gasteiger partial charge on any atom is 0.390 e. The number of halogens is 3. The van der Waals surface area contributed by atoms with E-state index >= 15 is 0 Å². The normalized spacial score (nSPS) is 13.8. The number of nitrogens with one attached hydrogen (secondary N) is 1. The topological polar surface area (TPSA) is 24.9 Å². The van der Waals surface area contributed by atoms with Crippen molar-refractivity contribution in [2.45, 2.75) is 39.0 Å². The highest BCUT2D eigenvalue weighted by molar-refractivity contribution is 5.12. The first-order chi connectivity index (χ1) is 7.37. The third-order valence-corrected chi connectivity index (χ3v) is 2.16. The molecule has 1 aromatic rings. The minimum Gasteiger partial charge on any atom is -0.310 e. The van der Waals surface area contributed by atoms with Crippen LogP contribution in [0, 0.1) is 6.92 Å². The van der Waals surface area contributed by atoms with Crippen molar-refractivity contribution in [3.8, 4) is 0 Å². The van der Waals surface area contributed by atoms with Crippen molar-refractivity contribution >= 4 is 0 Å². The molecule has 5 heteroatoms. The van der Waals surface area contributed by atoms with Crippen molar-refractivity contribution in [3.05, 3.63) is 29.6 Å². The Balaban J connectivity index is 2.37. The van der Waals surface area contributed by atoms with Crippen LogP contribution in [0.3, 0.4) is 0 Å². The van der Waals surface area contributed by atoms with Gasteiger partial charge in [0.2, 0.25) is 0 Å². The van der Waals surface area contributed by atoms with Gasteiger partial charge in [0, 0.05) is 24.5 Å². The summed E-state index contributed by atoms with van der Waals surface area (Å²) in [6, 6.07) is 3.11. The molecular weight excluding hydrogens is 217 g/mol.